The average Bonchev–Trinajstić information content (AvgIpc) is 2.78. The third kappa shape index (κ3) is 4.29. The molecule has 3 nitrogen and oxygen atoms in total. The number of nitrogens with zero attached hydrogens (tertiary/aromatic N) is 2. The van der Waals surface area contributed by atoms with Gasteiger partial charge in [-0.1, -0.05) is 37.7 Å². The zero-order chi connectivity index (χ0) is 13.7. The van der Waals surface area contributed by atoms with Crippen LogP contribution >= 0.6 is 11.8 Å². The Kier molecular flexibility index (Phi) is 4.86. The van der Waals surface area contributed by atoms with Gasteiger partial charge >= 0.3 is 0 Å². The summed E-state index contributed by atoms with van der Waals surface area (Å²) in [5, 5.41) is 13.0. The number of hydrogen-bond donors (Lipinski definition) is 1. The van der Waals surface area contributed by atoms with Crippen molar-refractivity contribution in [3.8, 4) is 6.07 Å². The van der Waals surface area contributed by atoms with Gasteiger partial charge in [0.15, 0.2) is 5.17 Å². The molecule has 1 unspecified atom stereocenters. The lowest BCUT2D eigenvalue weighted by Gasteiger charge is -2.07. The molecule has 19 heavy (non-hydrogen) atoms. The summed E-state index contributed by atoms with van der Waals surface area (Å²) in [4.78, 5) is 4.70. The molecule has 0 saturated carbocycles. The van der Waals surface area contributed by atoms with E-state index in [1.807, 2.05) is 24.3 Å². The molecule has 0 aromatic heterocycles. The van der Waals surface area contributed by atoms with Crippen molar-refractivity contribution in [2.45, 2.75) is 32.7 Å². The van der Waals surface area contributed by atoms with E-state index in [1.165, 1.54) is 0 Å². The van der Waals surface area contributed by atoms with E-state index in [0.717, 1.165) is 28.6 Å². The fourth-order valence-corrected chi connectivity index (χ4v) is 3.04. The minimum absolute atomic E-state index is 0.449. The first-order valence-electron chi connectivity index (χ1n) is 6.61. The molecule has 1 atom stereocenters. The van der Waals surface area contributed by atoms with Gasteiger partial charge in [-0.2, -0.15) is 5.26 Å². The molecule has 1 aliphatic heterocycles. The maximum atomic E-state index is 8.63. The van der Waals surface area contributed by atoms with E-state index in [-0.39, 0.29) is 0 Å². The second-order valence-electron chi connectivity index (χ2n) is 5.19. The molecular weight excluding hydrogens is 254 g/mol. The van der Waals surface area contributed by atoms with Gasteiger partial charge in [-0.05, 0) is 30.0 Å². The van der Waals surface area contributed by atoms with E-state index in [0.29, 0.717) is 18.4 Å². The molecule has 1 aliphatic rings. The molecular formula is C15H19N3S. The van der Waals surface area contributed by atoms with Gasteiger partial charge in [-0.3, -0.25) is 4.99 Å². The summed E-state index contributed by atoms with van der Waals surface area (Å²) in [6.45, 7) is 4.47. The van der Waals surface area contributed by atoms with Crippen LogP contribution in [0.3, 0.4) is 0 Å². The van der Waals surface area contributed by atoms with Crippen LogP contribution in [0.15, 0.2) is 29.3 Å². The Morgan fingerprint density at radius 1 is 1.42 bits per heavy atom. The summed E-state index contributed by atoms with van der Waals surface area (Å²) in [5.74, 6) is 1.77. The lowest BCUT2D eigenvalue weighted by molar-refractivity contribution is 0.529. The highest BCUT2D eigenvalue weighted by Gasteiger charge is 2.19. The van der Waals surface area contributed by atoms with Crippen LogP contribution in [0.2, 0.25) is 0 Å². The molecule has 4 heteroatoms. The van der Waals surface area contributed by atoms with Gasteiger partial charge in [0.05, 0.1) is 18.5 Å². The van der Waals surface area contributed by atoms with E-state index >= 15 is 0 Å². The van der Waals surface area contributed by atoms with Gasteiger partial charge in [0.1, 0.15) is 0 Å². The maximum absolute atomic E-state index is 8.63. The second kappa shape index (κ2) is 6.63. The minimum Gasteiger partial charge on any atom is -0.335 e. The fraction of sp³-hybridized carbons (Fsp3) is 0.467. The molecule has 0 fully saturated rings. The van der Waals surface area contributed by atoms with Crippen LogP contribution in [0.4, 0.5) is 5.69 Å². The normalized spacial score (nSPS) is 18.2. The number of thioether (sulfide) groups is 1. The molecule has 100 valence electrons. The summed E-state index contributed by atoms with van der Waals surface area (Å²) >= 11 is 1.79. The molecule has 1 aromatic carbocycles. The van der Waals surface area contributed by atoms with Crippen LogP contribution in [0.1, 0.15) is 25.8 Å². The number of hydrogen-bond acceptors (Lipinski definition) is 4. The zero-order valence-electron chi connectivity index (χ0n) is 11.4. The van der Waals surface area contributed by atoms with Gasteiger partial charge in [0, 0.05) is 11.4 Å². The molecule has 0 radical (unpaired) electrons. The molecule has 1 aromatic rings. The number of aliphatic imine (C=N–C) groups is 1. The quantitative estimate of drug-likeness (QED) is 0.910. The first kappa shape index (κ1) is 14.0. The lowest BCUT2D eigenvalue weighted by atomic mass is 10.1. The second-order valence-corrected chi connectivity index (χ2v) is 6.19. The Bertz CT molecular complexity index is 485. The van der Waals surface area contributed by atoms with Crippen molar-refractivity contribution in [3.05, 3.63) is 29.8 Å². The first-order chi connectivity index (χ1) is 9.17. The third-order valence-corrected chi connectivity index (χ3v) is 3.98. The number of nitrogens with one attached hydrogen (secondary N) is 1. The Morgan fingerprint density at radius 3 is 2.79 bits per heavy atom. The first-order valence-corrected chi connectivity index (χ1v) is 7.59. The molecule has 0 spiro atoms. The Hall–Kier alpha value is -1.47. The molecule has 2 rings (SSSR count). The third-order valence-electron chi connectivity index (χ3n) is 2.94. The number of anilines is 1. The van der Waals surface area contributed by atoms with Crippen molar-refractivity contribution in [3.63, 3.8) is 0 Å². The summed E-state index contributed by atoms with van der Waals surface area (Å²) in [6, 6.07) is 10.6. The predicted molar refractivity (Wildman–Crippen MR) is 82.5 cm³/mol. The highest BCUT2D eigenvalue weighted by molar-refractivity contribution is 8.14. The van der Waals surface area contributed by atoms with Crippen LogP contribution in [0.25, 0.3) is 0 Å². The molecule has 0 saturated heterocycles. The van der Waals surface area contributed by atoms with Gasteiger partial charge in [-0.25, -0.2) is 0 Å². The topological polar surface area (TPSA) is 48.2 Å². The number of rotatable bonds is 4. The summed E-state index contributed by atoms with van der Waals surface area (Å²) in [5.41, 5.74) is 2.09. The van der Waals surface area contributed by atoms with Gasteiger partial charge in [-0.15, -0.1) is 0 Å². The molecule has 0 amide bonds. The SMILES string of the molecule is CC(C)CC1CSC(Nc2ccc(CC#N)cc2)=N1. The van der Waals surface area contributed by atoms with Crippen LogP contribution < -0.4 is 5.32 Å². The monoisotopic (exact) mass is 273 g/mol. The van der Waals surface area contributed by atoms with Crippen LogP contribution in [0.5, 0.6) is 0 Å². The predicted octanol–water partition coefficient (Wildman–Crippen LogP) is 3.68. The zero-order valence-corrected chi connectivity index (χ0v) is 12.2. The molecule has 1 N–H and O–H groups in total. The van der Waals surface area contributed by atoms with Crippen LogP contribution in [0, 0.1) is 17.2 Å². The maximum Gasteiger partial charge on any atom is 0.161 e. The van der Waals surface area contributed by atoms with Gasteiger partial charge in [0.25, 0.3) is 0 Å². The van der Waals surface area contributed by atoms with E-state index < -0.39 is 0 Å². The van der Waals surface area contributed by atoms with Crippen molar-refractivity contribution in [1.29, 1.82) is 5.26 Å². The summed E-state index contributed by atoms with van der Waals surface area (Å²) in [7, 11) is 0. The van der Waals surface area contributed by atoms with Crippen molar-refractivity contribution < 1.29 is 0 Å². The van der Waals surface area contributed by atoms with Crippen LogP contribution in [-0.2, 0) is 6.42 Å². The Morgan fingerprint density at radius 2 is 2.16 bits per heavy atom. The van der Waals surface area contributed by atoms with Crippen molar-refractivity contribution >= 4 is 22.6 Å². The highest BCUT2D eigenvalue weighted by atomic mass is 32.2. The van der Waals surface area contributed by atoms with Gasteiger partial charge in [0.2, 0.25) is 0 Å². The minimum atomic E-state index is 0.449. The molecule has 1 heterocycles. The van der Waals surface area contributed by atoms with E-state index in [2.05, 4.69) is 25.2 Å². The largest absolute Gasteiger partial charge is 0.335 e. The summed E-state index contributed by atoms with van der Waals surface area (Å²) in [6.07, 6.45) is 1.62. The highest BCUT2D eigenvalue weighted by Crippen LogP contribution is 2.24. The molecule has 0 aliphatic carbocycles. The fourth-order valence-electron chi connectivity index (χ4n) is 2.07. The number of amidine groups is 1. The Labute approximate surface area is 119 Å². The van der Waals surface area contributed by atoms with E-state index in [1.54, 1.807) is 11.8 Å². The van der Waals surface area contributed by atoms with Crippen molar-refractivity contribution in [2.24, 2.45) is 10.9 Å². The Balaban J connectivity index is 1.93. The summed E-state index contributed by atoms with van der Waals surface area (Å²) < 4.78 is 0. The number of nitriles is 1. The molecule has 0 bridgehead atoms. The average molecular weight is 273 g/mol. The van der Waals surface area contributed by atoms with Crippen molar-refractivity contribution in [2.75, 3.05) is 11.1 Å². The van der Waals surface area contributed by atoms with Gasteiger partial charge < -0.3 is 5.32 Å². The number of benzene rings is 1. The van der Waals surface area contributed by atoms with E-state index in [9.17, 15) is 0 Å². The van der Waals surface area contributed by atoms with Crippen molar-refractivity contribution in [1.82, 2.24) is 0 Å². The van der Waals surface area contributed by atoms with E-state index in [4.69, 9.17) is 10.3 Å². The lowest BCUT2D eigenvalue weighted by Crippen LogP contribution is -2.08. The smallest absolute Gasteiger partial charge is 0.161 e. The standard InChI is InChI=1S/C15H19N3S/c1-11(2)9-14-10-19-15(18-14)17-13-5-3-12(4-6-13)7-8-16/h3-6,11,14H,7,9-10H2,1-2H3,(H,17,18). The van der Waals surface area contributed by atoms with Crippen LogP contribution in [-0.4, -0.2) is 17.0 Å².